The Hall–Kier alpha value is -2.82. The molecule has 0 amide bonds. The van der Waals surface area contributed by atoms with E-state index in [4.69, 9.17) is 15.0 Å². The van der Waals surface area contributed by atoms with E-state index in [9.17, 15) is 0 Å². The maximum atomic E-state index is 5.97. The molecule has 21 heavy (non-hydrogen) atoms. The summed E-state index contributed by atoms with van der Waals surface area (Å²) in [4.78, 5) is 4.41. The van der Waals surface area contributed by atoms with Gasteiger partial charge in [0.15, 0.2) is 0 Å². The van der Waals surface area contributed by atoms with Crippen molar-refractivity contribution in [1.82, 2.24) is 10.1 Å². The lowest BCUT2D eigenvalue weighted by Gasteiger charge is -2.01. The third-order valence-corrected chi connectivity index (χ3v) is 3.19. The zero-order valence-electron chi connectivity index (χ0n) is 11.8. The smallest absolute Gasteiger partial charge is 0.260 e. The van der Waals surface area contributed by atoms with Crippen LogP contribution in [0.25, 0.3) is 22.8 Å². The summed E-state index contributed by atoms with van der Waals surface area (Å²) >= 11 is 0. The molecule has 0 bridgehead atoms. The van der Waals surface area contributed by atoms with Crippen LogP contribution in [0.2, 0.25) is 0 Å². The van der Waals surface area contributed by atoms with Gasteiger partial charge in [-0.05, 0) is 31.2 Å². The second kappa shape index (κ2) is 5.28. The molecule has 0 spiro atoms. The first kappa shape index (κ1) is 13.2. The summed E-state index contributed by atoms with van der Waals surface area (Å²) in [6, 6.07) is 13.2. The van der Waals surface area contributed by atoms with Crippen LogP contribution in [0.4, 0.5) is 5.69 Å². The standard InChI is InChI=1S/C16H15N3O2/c1-10-6-7-14(17)13(8-10)16-18-15(19-21-16)11-4-3-5-12(9-11)20-2/h3-9H,17H2,1-2H3. The Bertz CT molecular complexity index is 781. The zero-order chi connectivity index (χ0) is 14.8. The van der Waals surface area contributed by atoms with Crippen LogP contribution in [-0.4, -0.2) is 17.3 Å². The molecular formula is C16H15N3O2. The topological polar surface area (TPSA) is 74.2 Å². The van der Waals surface area contributed by atoms with E-state index in [0.717, 1.165) is 22.4 Å². The molecule has 3 aromatic rings. The maximum absolute atomic E-state index is 5.97. The van der Waals surface area contributed by atoms with E-state index in [1.807, 2.05) is 49.4 Å². The first-order valence-electron chi connectivity index (χ1n) is 6.52. The first-order chi connectivity index (χ1) is 10.2. The van der Waals surface area contributed by atoms with Crippen molar-refractivity contribution >= 4 is 5.69 Å². The summed E-state index contributed by atoms with van der Waals surface area (Å²) in [5, 5.41) is 4.01. The Morgan fingerprint density at radius 2 is 2.00 bits per heavy atom. The van der Waals surface area contributed by atoms with Gasteiger partial charge >= 0.3 is 0 Å². The van der Waals surface area contributed by atoms with Crippen LogP contribution in [0.1, 0.15) is 5.56 Å². The first-order valence-corrected chi connectivity index (χ1v) is 6.52. The van der Waals surface area contributed by atoms with Crippen LogP contribution in [0.3, 0.4) is 0 Å². The van der Waals surface area contributed by atoms with Crippen molar-refractivity contribution in [1.29, 1.82) is 0 Å². The monoisotopic (exact) mass is 281 g/mol. The van der Waals surface area contributed by atoms with Gasteiger partial charge in [0, 0.05) is 11.3 Å². The fourth-order valence-electron chi connectivity index (χ4n) is 2.07. The second-order valence-electron chi connectivity index (χ2n) is 4.75. The summed E-state index contributed by atoms with van der Waals surface area (Å²) < 4.78 is 10.5. The molecule has 0 saturated carbocycles. The van der Waals surface area contributed by atoms with E-state index in [1.165, 1.54) is 0 Å². The lowest BCUT2D eigenvalue weighted by atomic mass is 10.1. The number of hydrogen-bond acceptors (Lipinski definition) is 5. The molecule has 106 valence electrons. The predicted octanol–water partition coefficient (Wildman–Crippen LogP) is 3.30. The molecule has 0 unspecified atom stereocenters. The molecule has 5 nitrogen and oxygen atoms in total. The highest BCUT2D eigenvalue weighted by Crippen LogP contribution is 2.28. The van der Waals surface area contributed by atoms with Crippen LogP contribution in [0.5, 0.6) is 5.75 Å². The largest absolute Gasteiger partial charge is 0.497 e. The number of benzene rings is 2. The van der Waals surface area contributed by atoms with Crippen molar-refractivity contribution in [3.05, 3.63) is 48.0 Å². The summed E-state index contributed by atoms with van der Waals surface area (Å²) in [5.41, 5.74) is 9.24. The lowest BCUT2D eigenvalue weighted by molar-refractivity contribution is 0.414. The van der Waals surface area contributed by atoms with Gasteiger partial charge in [-0.15, -0.1) is 0 Å². The number of aromatic nitrogens is 2. The highest BCUT2D eigenvalue weighted by molar-refractivity contribution is 5.72. The van der Waals surface area contributed by atoms with Gasteiger partial charge in [-0.25, -0.2) is 0 Å². The van der Waals surface area contributed by atoms with Gasteiger partial charge in [0.2, 0.25) is 5.82 Å². The van der Waals surface area contributed by atoms with Gasteiger partial charge in [-0.1, -0.05) is 28.9 Å². The zero-order valence-corrected chi connectivity index (χ0v) is 11.8. The average Bonchev–Trinajstić information content (AvgIpc) is 2.99. The number of nitrogens with zero attached hydrogens (tertiary/aromatic N) is 2. The Kier molecular flexibility index (Phi) is 3.31. The molecule has 2 N–H and O–H groups in total. The van der Waals surface area contributed by atoms with Crippen LogP contribution in [-0.2, 0) is 0 Å². The minimum Gasteiger partial charge on any atom is -0.497 e. The van der Waals surface area contributed by atoms with Crippen LogP contribution in [0, 0.1) is 6.92 Å². The average molecular weight is 281 g/mol. The van der Waals surface area contributed by atoms with Gasteiger partial charge in [0.1, 0.15) is 5.75 Å². The fraction of sp³-hybridized carbons (Fsp3) is 0.125. The highest BCUT2D eigenvalue weighted by atomic mass is 16.5. The molecule has 1 heterocycles. The van der Waals surface area contributed by atoms with Gasteiger partial charge in [0.05, 0.1) is 12.7 Å². The van der Waals surface area contributed by atoms with Gasteiger partial charge < -0.3 is 15.0 Å². The number of rotatable bonds is 3. The van der Waals surface area contributed by atoms with Crippen molar-refractivity contribution in [2.24, 2.45) is 0 Å². The van der Waals surface area contributed by atoms with Crippen LogP contribution < -0.4 is 10.5 Å². The fourth-order valence-corrected chi connectivity index (χ4v) is 2.07. The molecule has 1 aromatic heterocycles. The normalized spacial score (nSPS) is 10.6. The van der Waals surface area contributed by atoms with E-state index < -0.39 is 0 Å². The minimum absolute atomic E-state index is 0.411. The van der Waals surface area contributed by atoms with Crippen molar-refractivity contribution in [2.75, 3.05) is 12.8 Å². The van der Waals surface area contributed by atoms with E-state index >= 15 is 0 Å². The van der Waals surface area contributed by atoms with Crippen molar-refractivity contribution in [3.8, 4) is 28.6 Å². The minimum atomic E-state index is 0.411. The number of ether oxygens (including phenoxy) is 1. The predicted molar refractivity (Wildman–Crippen MR) is 80.9 cm³/mol. The molecule has 5 heteroatoms. The van der Waals surface area contributed by atoms with Crippen molar-refractivity contribution in [2.45, 2.75) is 6.92 Å². The van der Waals surface area contributed by atoms with E-state index in [1.54, 1.807) is 7.11 Å². The Balaban J connectivity index is 2.01. The molecule has 0 fully saturated rings. The van der Waals surface area contributed by atoms with Crippen molar-refractivity contribution in [3.63, 3.8) is 0 Å². The molecule has 0 saturated heterocycles. The highest BCUT2D eigenvalue weighted by Gasteiger charge is 2.13. The second-order valence-corrected chi connectivity index (χ2v) is 4.75. The maximum Gasteiger partial charge on any atom is 0.260 e. The van der Waals surface area contributed by atoms with Gasteiger partial charge in [0.25, 0.3) is 5.89 Å². The van der Waals surface area contributed by atoms with Crippen molar-refractivity contribution < 1.29 is 9.26 Å². The lowest BCUT2D eigenvalue weighted by Crippen LogP contribution is -1.91. The number of nitrogens with two attached hydrogens (primary N) is 1. The van der Waals surface area contributed by atoms with Gasteiger partial charge in [-0.3, -0.25) is 0 Å². The molecule has 0 aliphatic carbocycles. The van der Waals surface area contributed by atoms with Gasteiger partial charge in [-0.2, -0.15) is 4.98 Å². The Morgan fingerprint density at radius 3 is 2.81 bits per heavy atom. The number of nitrogen functional groups attached to an aromatic ring is 1. The summed E-state index contributed by atoms with van der Waals surface area (Å²) in [5.74, 6) is 1.66. The quantitative estimate of drug-likeness (QED) is 0.745. The van der Waals surface area contributed by atoms with Crippen LogP contribution in [0.15, 0.2) is 47.0 Å². The summed E-state index contributed by atoms with van der Waals surface area (Å²) in [7, 11) is 1.62. The molecule has 3 rings (SSSR count). The van der Waals surface area contributed by atoms with E-state index in [-0.39, 0.29) is 0 Å². The number of methoxy groups -OCH3 is 1. The molecule has 0 aliphatic rings. The summed E-state index contributed by atoms with van der Waals surface area (Å²) in [6.45, 7) is 1.99. The Labute approximate surface area is 122 Å². The molecule has 2 aromatic carbocycles. The number of anilines is 1. The molecule has 0 aliphatic heterocycles. The van der Waals surface area contributed by atoms with E-state index in [0.29, 0.717) is 17.4 Å². The molecular weight excluding hydrogens is 266 g/mol. The SMILES string of the molecule is COc1cccc(-c2noc(-c3cc(C)ccc3N)n2)c1. The molecule has 0 atom stereocenters. The number of hydrogen-bond donors (Lipinski definition) is 1. The Morgan fingerprint density at radius 1 is 1.14 bits per heavy atom. The molecule has 0 radical (unpaired) electrons. The number of aryl methyl sites for hydroxylation is 1. The summed E-state index contributed by atoms with van der Waals surface area (Å²) in [6.07, 6.45) is 0. The third-order valence-electron chi connectivity index (χ3n) is 3.19. The van der Waals surface area contributed by atoms with Crippen LogP contribution >= 0.6 is 0 Å². The third kappa shape index (κ3) is 2.58. The van der Waals surface area contributed by atoms with E-state index in [2.05, 4.69) is 10.1 Å².